The summed E-state index contributed by atoms with van der Waals surface area (Å²) < 4.78 is 0. The smallest absolute Gasteiger partial charge is 0.0207 e. The number of hydrogen-bond acceptors (Lipinski definition) is 2. The molecule has 0 radical (unpaired) electrons. The van der Waals surface area contributed by atoms with Gasteiger partial charge < -0.3 is 5.32 Å². The van der Waals surface area contributed by atoms with Gasteiger partial charge in [0.2, 0.25) is 0 Å². The molecular weight excluding hydrogens is 172 g/mol. The highest BCUT2D eigenvalue weighted by atomic mass is 15.3. The molecule has 0 aromatic rings. The Morgan fingerprint density at radius 1 is 0.929 bits per heavy atom. The molecule has 3 rings (SSSR count). The van der Waals surface area contributed by atoms with Crippen LogP contribution in [0.4, 0.5) is 0 Å². The van der Waals surface area contributed by atoms with E-state index in [1.807, 2.05) is 0 Å². The van der Waals surface area contributed by atoms with Crippen molar-refractivity contribution < 1.29 is 0 Å². The van der Waals surface area contributed by atoms with E-state index < -0.39 is 0 Å². The van der Waals surface area contributed by atoms with E-state index in [-0.39, 0.29) is 0 Å². The van der Waals surface area contributed by atoms with Gasteiger partial charge in [0.25, 0.3) is 0 Å². The quantitative estimate of drug-likeness (QED) is 0.638. The van der Waals surface area contributed by atoms with Crippen molar-refractivity contribution in [2.45, 2.75) is 44.6 Å². The summed E-state index contributed by atoms with van der Waals surface area (Å²) in [6, 6.07) is 0.948. The van der Waals surface area contributed by atoms with Gasteiger partial charge in [-0.05, 0) is 12.8 Å². The molecule has 1 aliphatic carbocycles. The Kier molecular flexibility index (Phi) is 2.29. The van der Waals surface area contributed by atoms with Crippen LogP contribution < -0.4 is 5.32 Å². The number of nitrogens with zero attached hydrogens (tertiary/aromatic N) is 1. The van der Waals surface area contributed by atoms with Crippen LogP contribution in [-0.4, -0.2) is 37.1 Å². The van der Waals surface area contributed by atoms with Crippen LogP contribution in [0.15, 0.2) is 0 Å². The summed E-state index contributed by atoms with van der Waals surface area (Å²) in [5.74, 6) is 0. The third-order valence-electron chi connectivity index (χ3n) is 4.42. The zero-order valence-electron chi connectivity index (χ0n) is 9.10. The first-order valence-corrected chi connectivity index (χ1v) is 6.33. The Labute approximate surface area is 87.0 Å². The van der Waals surface area contributed by atoms with Crippen LogP contribution in [0.1, 0.15) is 38.5 Å². The summed E-state index contributed by atoms with van der Waals surface area (Å²) in [6.45, 7) is 5.36. The van der Waals surface area contributed by atoms with E-state index in [4.69, 9.17) is 0 Å². The predicted octanol–water partition coefficient (Wildman–Crippen LogP) is 1.61. The Hall–Kier alpha value is -0.0800. The predicted molar refractivity (Wildman–Crippen MR) is 58.4 cm³/mol. The molecule has 0 atom stereocenters. The molecule has 3 aliphatic rings. The Bertz CT molecular complexity index is 194. The van der Waals surface area contributed by atoms with Gasteiger partial charge in [-0.3, -0.25) is 4.90 Å². The average molecular weight is 194 g/mol. The molecule has 0 aromatic heterocycles. The molecule has 2 heteroatoms. The first-order chi connectivity index (χ1) is 6.88. The highest BCUT2D eigenvalue weighted by molar-refractivity contribution is 5.05. The monoisotopic (exact) mass is 194 g/mol. The second-order valence-electron chi connectivity index (χ2n) is 5.65. The van der Waals surface area contributed by atoms with Crippen LogP contribution >= 0.6 is 0 Å². The molecule has 1 saturated carbocycles. The number of nitrogens with one attached hydrogen (secondary N) is 1. The molecule has 2 heterocycles. The van der Waals surface area contributed by atoms with Crippen molar-refractivity contribution >= 4 is 0 Å². The van der Waals surface area contributed by atoms with Crippen LogP contribution in [0.5, 0.6) is 0 Å². The van der Waals surface area contributed by atoms with Crippen molar-refractivity contribution in [2.75, 3.05) is 26.2 Å². The van der Waals surface area contributed by atoms with E-state index in [9.17, 15) is 0 Å². The Balaban J connectivity index is 1.51. The van der Waals surface area contributed by atoms with Crippen molar-refractivity contribution in [3.05, 3.63) is 0 Å². The minimum Gasteiger partial charge on any atom is -0.315 e. The maximum absolute atomic E-state index is 3.41. The van der Waals surface area contributed by atoms with E-state index >= 15 is 0 Å². The summed E-state index contributed by atoms with van der Waals surface area (Å²) in [5.41, 5.74) is 0.728. The molecule has 0 unspecified atom stereocenters. The van der Waals surface area contributed by atoms with Gasteiger partial charge in [0, 0.05) is 37.6 Å². The third-order valence-corrected chi connectivity index (χ3v) is 4.42. The summed E-state index contributed by atoms with van der Waals surface area (Å²) in [7, 11) is 0. The van der Waals surface area contributed by atoms with Gasteiger partial charge in [0.15, 0.2) is 0 Å². The lowest BCUT2D eigenvalue weighted by molar-refractivity contribution is -0.0677. The van der Waals surface area contributed by atoms with Gasteiger partial charge in [-0.15, -0.1) is 0 Å². The first kappa shape index (κ1) is 9.17. The lowest BCUT2D eigenvalue weighted by Crippen LogP contribution is -2.72. The molecule has 2 aliphatic heterocycles. The number of hydrogen-bond donors (Lipinski definition) is 1. The van der Waals surface area contributed by atoms with Crippen molar-refractivity contribution in [1.29, 1.82) is 0 Å². The average Bonchev–Trinajstić information content (AvgIpc) is 2.27. The second-order valence-corrected chi connectivity index (χ2v) is 5.65. The zero-order chi connectivity index (χ0) is 9.43. The van der Waals surface area contributed by atoms with Gasteiger partial charge in [-0.1, -0.05) is 25.7 Å². The highest BCUT2D eigenvalue weighted by Crippen LogP contribution is 2.37. The first-order valence-electron chi connectivity index (χ1n) is 6.33. The summed E-state index contributed by atoms with van der Waals surface area (Å²) in [5, 5.41) is 3.41. The van der Waals surface area contributed by atoms with Crippen molar-refractivity contribution in [1.82, 2.24) is 10.2 Å². The van der Waals surface area contributed by atoms with E-state index in [0.29, 0.717) is 0 Å². The number of likely N-dealkylation sites (tertiary alicyclic amines) is 1. The SMILES string of the molecule is C1CCCC(N2CC3(CNC3)C2)CC1. The molecule has 0 amide bonds. The Morgan fingerprint density at radius 3 is 2.07 bits per heavy atom. The maximum Gasteiger partial charge on any atom is 0.0207 e. The number of rotatable bonds is 1. The van der Waals surface area contributed by atoms with Crippen LogP contribution in [0.3, 0.4) is 0 Å². The van der Waals surface area contributed by atoms with Gasteiger partial charge in [-0.25, -0.2) is 0 Å². The fraction of sp³-hybridized carbons (Fsp3) is 1.00. The maximum atomic E-state index is 3.41. The van der Waals surface area contributed by atoms with E-state index in [1.165, 1.54) is 64.7 Å². The Morgan fingerprint density at radius 2 is 1.57 bits per heavy atom. The second kappa shape index (κ2) is 3.49. The van der Waals surface area contributed by atoms with Crippen molar-refractivity contribution in [3.8, 4) is 0 Å². The van der Waals surface area contributed by atoms with Crippen LogP contribution in [0.25, 0.3) is 0 Å². The summed E-state index contributed by atoms with van der Waals surface area (Å²) in [6.07, 6.45) is 8.87. The normalized spacial score (nSPS) is 33.4. The molecule has 80 valence electrons. The van der Waals surface area contributed by atoms with E-state index in [0.717, 1.165) is 11.5 Å². The molecule has 2 nitrogen and oxygen atoms in total. The van der Waals surface area contributed by atoms with Crippen molar-refractivity contribution in [2.24, 2.45) is 5.41 Å². The van der Waals surface area contributed by atoms with Gasteiger partial charge in [0.05, 0.1) is 0 Å². The largest absolute Gasteiger partial charge is 0.315 e. The molecule has 1 spiro atoms. The van der Waals surface area contributed by atoms with E-state index in [1.54, 1.807) is 0 Å². The summed E-state index contributed by atoms with van der Waals surface area (Å²) >= 11 is 0. The van der Waals surface area contributed by atoms with Gasteiger partial charge in [-0.2, -0.15) is 0 Å². The fourth-order valence-corrected chi connectivity index (χ4v) is 3.40. The van der Waals surface area contributed by atoms with Crippen molar-refractivity contribution in [3.63, 3.8) is 0 Å². The minimum absolute atomic E-state index is 0.728. The van der Waals surface area contributed by atoms with Crippen LogP contribution in [0, 0.1) is 5.41 Å². The highest BCUT2D eigenvalue weighted by Gasteiger charge is 2.48. The lowest BCUT2D eigenvalue weighted by atomic mass is 9.73. The molecular formula is C12H22N2. The standard InChI is InChI=1S/C12H22N2/c1-2-4-6-11(5-3-1)14-9-12(10-14)7-13-8-12/h11,13H,1-10H2. The third kappa shape index (κ3) is 1.49. The topological polar surface area (TPSA) is 15.3 Å². The molecule has 14 heavy (non-hydrogen) atoms. The fourth-order valence-electron chi connectivity index (χ4n) is 3.40. The lowest BCUT2D eigenvalue weighted by Gasteiger charge is -2.58. The minimum atomic E-state index is 0.728. The van der Waals surface area contributed by atoms with Crippen LogP contribution in [-0.2, 0) is 0 Å². The summed E-state index contributed by atoms with van der Waals surface area (Å²) in [4.78, 5) is 2.76. The molecule has 3 fully saturated rings. The van der Waals surface area contributed by atoms with Crippen LogP contribution in [0.2, 0.25) is 0 Å². The van der Waals surface area contributed by atoms with Gasteiger partial charge >= 0.3 is 0 Å². The molecule has 0 aromatic carbocycles. The van der Waals surface area contributed by atoms with Gasteiger partial charge in [0.1, 0.15) is 0 Å². The molecule has 0 bridgehead atoms. The zero-order valence-corrected chi connectivity index (χ0v) is 9.10. The molecule has 1 N–H and O–H groups in total. The van der Waals surface area contributed by atoms with E-state index in [2.05, 4.69) is 10.2 Å². The molecule has 2 saturated heterocycles.